The van der Waals surface area contributed by atoms with Crippen molar-refractivity contribution in [1.82, 2.24) is 9.97 Å². The van der Waals surface area contributed by atoms with E-state index in [9.17, 15) is 4.79 Å². The molecule has 1 N–H and O–H groups in total. The summed E-state index contributed by atoms with van der Waals surface area (Å²) in [6.07, 6.45) is 7.17. The van der Waals surface area contributed by atoms with Gasteiger partial charge in [0.25, 0.3) is 5.91 Å². The lowest BCUT2D eigenvalue weighted by atomic mass is 9.89. The fourth-order valence-corrected chi connectivity index (χ4v) is 4.72. The standard InChI is InChI=1S/C25H33N5O3/c1-16-10-12-29(13-11-16)18-8-9-19(20(14-18)32-4)27-24-26-15-21-22(28-24)30(17-6-5-7-17)23(31)25(2,3)33-21/h8-9,14-17H,5-7,10-13H2,1-4H3,(H,26,27,28). The summed E-state index contributed by atoms with van der Waals surface area (Å²) in [5, 5.41) is 3.28. The van der Waals surface area contributed by atoms with E-state index in [1.54, 1.807) is 27.2 Å². The van der Waals surface area contributed by atoms with Crippen LogP contribution in [0.25, 0.3) is 0 Å². The molecule has 1 amide bonds. The number of carbonyl (C=O) groups is 1. The zero-order valence-corrected chi connectivity index (χ0v) is 19.9. The summed E-state index contributed by atoms with van der Waals surface area (Å²) in [6, 6.07) is 6.34. The lowest BCUT2D eigenvalue weighted by Gasteiger charge is -2.44. The first kappa shape index (κ1) is 21.8. The van der Waals surface area contributed by atoms with Gasteiger partial charge in [-0.15, -0.1) is 0 Å². The summed E-state index contributed by atoms with van der Waals surface area (Å²) in [7, 11) is 1.67. The molecule has 1 saturated heterocycles. The zero-order valence-electron chi connectivity index (χ0n) is 19.9. The molecule has 5 rings (SSSR count). The van der Waals surface area contributed by atoms with Gasteiger partial charge in [0, 0.05) is 30.9 Å². The van der Waals surface area contributed by atoms with E-state index < -0.39 is 5.60 Å². The topological polar surface area (TPSA) is 79.8 Å². The van der Waals surface area contributed by atoms with Crippen molar-refractivity contribution in [2.24, 2.45) is 5.92 Å². The summed E-state index contributed by atoms with van der Waals surface area (Å²) in [4.78, 5) is 26.5. The molecule has 0 bridgehead atoms. The smallest absolute Gasteiger partial charge is 0.272 e. The first-order valence-corrected chi connectivity index (χ1v) is 12.0. The monoisotopic (exact) mass is 451 g/mol. The minimum Gasteiger partial charge on any atom is -0.494 e. The Kier molecular flexibility index (Phi) is 5.54. The van der Waals surface area contributed by atoms with Crippen LogP contribution < -0.4 is 24.6 Å². The lowest BCUT2D eigenvalue weighted by Crippen LogP contribution is -2.57. The molecule has 1 aromatic carbocycles. The van der Waals surface area contributed by atoms with E-state index in [0.29, 0.717) is 17.5 Å². The predicted octanol–water partition coefficient (Wildman–Crippen LogP) is 4.52. The van der Waals surface area contributed by atoms with Crippen LogP contribution in [-0.4, -0.2) is 47.7 Å². The van der Waals surface area contributed by atoms with Crippen molar-refractivity contribution in [3.05, 3.63) is 24.4 Å². The number of fused-ring (bicyclic) bond motifs is 1. The highest BCUT2D eigenvalue weighted by molar-refractivity contribution is 6.02. The lowest BCUT2D eigenvalue weighted by molar-refractivity contribution is -0.133. The molecule has 2 aromatic rings. The number of carbonyl (C=O) groups excluding carboxylic acids is 1. The van der Waals surface area contributed by atoms with Gasteiger partial charge in [-0.1, -0.05) is 6.92 Å². The highest BCUT2D eigenvalue weighted by Gasteiger charge is 2.46. The third-order valence-corrected chi connectivity index (χ3v) is 7.08. The van der Waals surface area contributed by atoms with Gasteiger partial charge in [-0.05, 0) is 64.0 Å². The number of hydrogen-bond acceptors (Lipinski definition) is 7. The number of anilines is 4. The molecule has 0 radical (unpaired) electrons. The molecule has 1 aromatic heterocycles. The van der Waals surface area contributed by atoms with Gasteiger partial charge in [-0.25, -0.2) is 4.98 Å². The van der Waals surface area contributed by atoms with Gasteiger partial charge in [0.15, 0.2) is 17.2 Å². The van der Waals surface area contributed by atoms with Crippen LogP contribution >= 0.6 is 0 Å². The largest absolute Gasteiger partial charge is 0.494 e. The summed E-state index contributed by atoms with van der Waals surface area (Å²) in [5.74, 6) is 2.95. The number of hydrogen-bond donors (Lipinski definition) is 1. The van der Waals surface area contributed by atoms with Crippen LogP contribution in [0.3, 0.4) is 0 Å². The Hall–Kier alpha value is -3.03. The zero-order chi connectivity index (χ0) is 23.2. The molecular formula is C25H33N5O3. The first-order valence-electron chi connectivity index (χ1n) is 12.0. The van der Waals surface area contributed by atoms with Crippen molar-refractivity contribution in [2.75, 3.05) is 35.3 Å². The van der Waals surface area contributed by atoms with Crippen LogP contribution in [0.4, 0.5) is 23.1 Å². The SMILES string of the molecule is COc1cc(N2CCC(C)CC2)ccc1Nc1ncc2c(n1)N(C1CCC1)C(=O)C(C)(C)O2. The number of aromatic nitrogens is 2. The Balaban J connectivity index is 1.41. The Morgan fingerprint density at radius 2 is 1.94 bits per heavy atom. The molecule has 8 heteroatoms. The van der Waals surface area contributed by atoms with E-state index in [1.165, 1.54) is 12.8 Å². The fourth-order valence-electron chi connectivity index (χ4n) is 4.72. The van der Waals surface area contributed by atoms with Gasteiger partial charge < -0.3 is 19.7 Å². The van der Waals surface area contributed by atoms with Crippen molar-refractivity contribution in [1.29, 1.82) is 0 Å². The fraction of sp³-hybridized carbons (Fsp3) is 0.560. The van der Waals surface area contributed by atoms with Crippen molar-refractivity contribution in [2.45, 2.75) is 64.5 Å². The van der Waals surface area contributed by atoms with Crippen LogP contribution in [-0.2, 0) is 4.79 Å². The molecule has 1 saturated carbocycles. The molecule has 3 heterocycles. The third kappa shape index (κ3) is 4.07. The van der Waals surface area contributed by atoms with Gasteiger partial charge in [0.05, 0.1) is 19.0 Å². The van der Waals surface area contributed by atoms with E-state index in [-0.39, 0.29) is 11.9 Å². The Labute approximate surface area is 195 Å². The Morgan fingerprint density at radius 1 is 1.18 bits per heavy atom. The number of nitrogens with one attached hydrogen (secondary N) is 1. The van der Waals surface area contributed by atoms with Gasteiger partial charge >= 0.3 is 0 Å². The summed E-state index contributed by atoms with van der Waals surface area (Å²) in [6.45, 7) is 8.03. The minimum absolute atomic E-state index is 0.0536. The molecular weight excluding hydrogens is 418 g/mol. The highest BCUT2D eigenvalue weighted by Crippen LogP contribution is 2.42. The number of methoxy groups -OCH3 is 1. The number of nitrogens with zero attached hydrogens (tertiary/aromatic N) is 4. The van der Waals surface area contributed by atoms with Crippen molar-refractivity contribution in [3.63, 3.8) is 0 Å². The number of amides is 1. The van der Waals surface area contributed by atoms with E-state index in [1.807, 2.05) is 11.0 Å². The molecule has 3 aliphatic rings. The average molecular weight is 452 g/mol. The van der Waals surface area contributed by atoms with Crippen molar-refractivity contribution >= 4 is 29.0 Å². The van der Waals surface area contributed by atoms with Crippen LogP contribution in [0, 0.1) is 5.92 Å². The average Bonchev–Trinajstić information content (AvgIpc) is 2.76. The second-order valence-corrected chi connectivity index (χ2v) is 9.93. The third-order valence-electron chi connectivity index (χ3n) is 7.08. The first-order chi connectivity index (χ1) is 15.9. The van der Waals surface area contributed by atoms with Gasteiger partial charge in [0.2, 0.25) is 5.95 Å². The van der Waals surface area contributed by atoms with Crippen molar-refractivity contribution < 1.29 is 14.3 Å². The van der Waals surface area contributed by atoms with Gasteiger partial charge in [-0.2, -0.15) is 4.98 Å². The predicted molar refractivity (Wildman–Crippen MR) is 129 cm³/mol. The van der Waals surface area contributed by atoms with E-state index in [2.05, 4.69) is 34.3 Å². The summed E-state index contributed by atoms with van der Waals surface area (Å²) < 4.78 is 11.6. The van der Waals surface area contributed by atoms with Crippen LogP contribution in [0.5, 0.6) is 11.5 Å². The number of piperidine rings is 1. The van der Waals surface area contributed by atoms with E-state index in [4.69, 9.17) is 14.5 Å². The van der Waals surface area contributed by atoms with E-state index >= 15 is 0 Å². The van der Waals surface area contributed by atoms with Crippen LogP contribution in [0.15, 0.2) is 24.4 Å². The minimum atomic E-state index is -0.924. The van der Waals surface area contributed by atoms with Crippen LogP contribution in [0.2, 0.25) is 0 Å². The number of ether oxygens (including phenoxy) is 2. The molecule has 2 aliphatic heterocycles. The normalized spacial score (nSPS) is 20.7. The molecule has 1 aliphatic carbocycles. The Morgan fingerprint density at radius 3 is 2.61 bits per heavy atom. The number of rotatable bonds is 5. The molecule has 0 spiro atoms. The maximum absolute atomic E-state index is 13.1. The molecule has 0 unspecified atom stereocenters. The molecule has 33 heavy (non-hydrogen) atoms. The molecule has 176 valence electrons. The maximum atomic E-state index is 13.1. The summed E-state index contributed by atoms with van der Waals surface area (Å²) in [5.41, 5.74) is 1.02. The summed E-state index contributed by atoms with van der Waals surface area (Å²) >= 11 is 0. The van der Waals surface area contributed by atoms with Gasteiger partial charge in [0.1, 0.15) is 5.75 Å². The van der Waals surface area contributed by atoms with Crippen molar-refractivity contribution in [3.8, 4) is 11.5 Å². The second-order valence-electron chi connectivity index (χ2n) is 9.93. The maximum Gasteiger partial charge on any atom is 0.272 e. The Bertz CT molecular complexity index is 1040. The molecule has 2 fully saturated rings. The van der Waals surface area contributed by atoms with Gasteiger partial charge in [-0.3, -0.25) is 9.69 Å². The van der Waals surface area contributed by atoms with Crippen LogP contribution in [0.1, 0.15) is 52.9 Å². The van der Waals surface area contributed by atoms with E-state index in [0.717, 1.165) is 55.4 Å². The quantitative estimate of drug-likeness (QED) is 0.716. The number of benzene rings is 1. The second kappa shape index (κ2) is 8.39. The molecule has 8 nitrogen and oxygen atoms in total. The molecule has 0 atom stereocenters. The highest BCUT2D eigenvalue weighted by atomic mass is 16.5.